The van der Waals surface area contributed by atoms with Crippen LogP contribution in [0.15, 0.2) is 23.8 Å². The van der Waals surface area contributed by atoms with Crippen LogP contribution in [0, 0.1) is 5.92 Å². The van der Waals surface area contributed by atoms with Gasteiger partial charge in [0.2, 0.25) is 0 Å². The summed E-state index contributed by atoms with van der Waals surface area (Å²) in [7, 11) is 1.63. The molecule has 1 aromatic rings. The predicted molar refractivity (Wildman–Crippen MR) is 85.0 cm³/mol. The summed E-state index contributed by atoms with van der Waals surface area (Å²) in [5.41, 5.74) is 1.54. The van der Waals surface area contributed by atoms with Crippen LogP contribution in [0.5, 0.6) is 11.5 Å². The van der Waals surface area contributed by atoms with Crippen molar-refractivity contribution in [2.45, 2.75) is 19.4 Å². The smallest absolute Gasteiger partial charge is 0.250 e. The highest BCUT2D eigenvalue weighted by Crippen LogP contribution is 2.30. The van der Waals surface area contributed by atoms with Crippen molar-refractivity contribution in [2.75, 3.05) is 26.8 Å². The average molecular weight is 302 g/mol. The first-order valence-electron chi connectivity index (χ1n) is 7.70. The number of benzene rings is 1. The molecule has 1 fully saturated rings. The zero-order chi connectivity index (χ0) is 15.5. The van der Waals surface area contributed by atoms with Crippen molar-refractivity contribution >= 4 is 12.0 Å². The molecule has 0 aliphatic carbocycles. The van der Waals surface area contributed by atoms with E-state index in [1.165, 1.54) is 0 Å². The fraction of sp³-hybridized carbons (Fsp3) is 0.471. The number of nitrogens with one attached hydrogen (secondary N) is 2. The van der Waals surface area contributed by atoms with Crippen molar-refractivity contribution in [3.8, 4) is 11.5 Å². The summed E-state index contributed by atoms with van der Waals surface area (Å²) in [6, 6.07) is 5.83. The van der Waals surface area contributed by atoms with Crippen molar-refractivity contribution < 1.29 is 14.3 Å². The zero-order valence-electron chi connectivity index (χ0n) is 13.0. The molecule has 0 radical (unpaired) electrons. The third-order valence-electron chi connectivity index (χ3n) is 4.32. The molecule has 2 atom stereocenters. The van der Waals surface area contributed by atoms with E-state index in [4.69, 9.17) is 9.47 Å². The van der Waals surface area contributed by atoms with Crippen molar-refractivity contribution in [1.29, 1.82) is 0 Å². The molecular formula is C17H22N2O3. The van der Waals surface area contributed by atoms with Gasteiger partial charge in [0.15, 0.2) is 0 Å². The predicted octanol–water partition coefficient (Wildman–Crippen LogP) is 1.59. The van der Waals surface area contributed by atoms with Crippen LogP contribution in [0.4, 0.5) is 0 Å². The number of amides is 1. The number of ether oxygens (including phenoxy) is 2. The van der Waals surface area contributed by atoms with Gasteiger partial charge >= 0.3 is 0 Å². The Kier molecular flexibility index (Phi) is 4.34. The zero-order valence-corrected chi connectivity index (χ0v) is 13.0. The van der Waals surface area contributed by atoms with E-state index in [9.17, 15) is 4.79 Å². The lowest BCUT2D eigenvalue weighted by molar-refractivity contribution is -0.118. The van der Waals surface area contributed by atoms with E-state index >= 15 is 0 Å². The summed E-state index contributed by atoms with van der Waals surface area (Å²) >= 11 is 0. The minimum atomic E-state index is -0.0350. The number of hydrogen-bond acceptors (Lipinski definition) is 4. The molecule has 0 bridgehead atoms. The Labute approximate surface area is 130 Å². The van der Waals surface area contributed by atoms with Gasteiger partial charge in [-0.2, -0.15) is 0 Å². The lowest BCUT2D eigenvalue weighted by atomic mass is 9.95. The highest BCUT2D eigenvalue weighted by atomic mass is 16.5. The molecule has 2 heterocycles. The molecule has 118 valence electrons. The van der Waals surface area contributed by atoms with Crippen molar-refractivity contribution in [3.63, 3.8) is 0 Å². The monoisotopic (exact) mass is 302 g/mol. The number of fused-ring (bicyclic) bond motifs is 1. The largest absolute Gasteiger partial charge is 0.497 e. The minimum Gasteiger partial charge on any atom is -0.497 e. The maximum Gasteiger partial charge on any atom is 0.250 e. The summed E-state index contributed by atoms with van der Waals surface area (Å²) in [4.78, 5) is 12.5. The molecule has 3 rings (SSSR count). The Bertz CT molecular complexity index is 598. The molecule has 5 nitrogen and oxygen atoms in total. The van der Waals surface area contributed by atoms with E-state index in [-0.39, 0.29) is 11.9 Å². The number of piperidine rings is 1. The Morgan fingerprint density at radius 1 is 1.45 bits per heavy atom. The second-order valence-electron chi connectivity index (χ2n) is 5.91. The minimum absolute atomic E-state index is 0.0350. The van der Waals surface area contributed by atoms with Gasteiger partial charge < -0.3 is 20.1 Å². The van der Waals surface area contributed by atoms with Gasteiger partial charge in [0.1, 0.15) is 18.1 Å². The quantitative estimate of drug-likeness (QED) is 0.890. The van der Waals surface area contributed by atoms with Gasteiger partial charge in [0.05, 0.1) is 12.7 Å². The summed E-state index contributed by atoms with van der Waals surface area (Å²) in [6.07, 6.45) is 2.86. The normalized spacial score (nSPS) is 23.8. The summed E-state index contributed by atoms with van der Waals surface area (Å²) in [5.74, 6) is 1.95. The lowest BCUT2D eigenvalue weighted by Gasteiger charge is -2.30. The van der Waals surface area contributed by atoms with Crippen LogP contribution < -0.4 is 20.1 Å². The highest BCUT2D eigenvalue weighted by Gasteiger charge is 2.25. The summed E-state index contributed by atoms with van der Waals surface area (Å²) in [5, 5.41) is 6.48. The lowest BCUT2D eigenvalue weighted by Crippen LogP contribution is -2.49. The first kappa shape index (κ1) is 14.9. The third-order valence-corrected chi connectivity index (χ3v) is 4.32. The fourth-order valence-corrected chi connectivity index (χ4v) is 2.90. The number of carbonyl (C=O) groups excluding carboxylic acids is 1. The molecule has 2 N–H and O–H groups in total. The molecule has 1 saturated heterocycles. The van der Waals surface area contributed by atoms with Crippen molar-refractivity contribution in [1.82, 2.24) is 10.6 Å². The van der Waals surface area contributed by atoms with Crippen molar-refractivity contribution in [3.05, 3.63) is 29.3 Å². The third kappa shape index (κ3) is 3.09. The van der Waals surface area contributed by atoms with Crippen LogP contribution in [0.1, 0.15) is 18.9 Å². The second kappa shape index (κ2) is 6.40. The van der Waals surface area contributed by atoms with Gasteiger partial charge in [0.25, 0.3) is 5.91 Å². The Balaban J connectivity index is 1.73. The molecule has 0 saturated carbocycles. The highest BCUT2D eigenvalue weighted by molar-refractivity contribution is 5.99. The molecule has 2 unspecified atom stereocenters. The maximum atomic E-state index is 12.5. The van der Waals surface area contributed by atoms with E-state index in [1.54, 1.807) is 7.11 Å². The van der Waals surface area contributed by atoms with Crippen LogP contribution >= 0.6 is 0 Å². The number of methoxy groups -OCH3 is 1. The van der Waals surface area contributed by atoms with E-state index in [1.807, 2.05) is 24.3 Å². The van der Waals surface area contributed by atoms with E-state index in [2.05, 4.69) is 17.6 Å². The Hall–Kier alpha value is -2.01. The molecule has 1 aromatic carbocycles. The van der Waals surface area contributed by atoms with Gasteiger partial charge in [-0.15, -0.1) is 0 Å². The topological polar surface area (TPSA) is 59.6 Å². The molecule has 2 aliphatic rings. The van der Waals surface area contributed by atoms with Gasteiger partial charge in [0, 0.05) is 11.6 Å². The standard InChI is InChI=1S/C17H22N2O3/c1-11-9-18-6-5-15(11)19-17(20)13-7-12-8-14(21-2)3-4-16(12)22-10-13/h3-4,7-8,11,15,18H,5-6,9-10H2,1-2H3,(H,19,20). The molecule has 1 amide bonds. The molecule has 5 heteroatoms. The Morgan fingerprint density at radius 3 is 3.09 bits per heavy atom. The van der Waals surface area contributed by atoms with Gasteiger partial charge in [-0.1, -0.05) is 6.92 Å². The van der Waals surface area contributed by atoms with Gasteiger partial charge in [-0.25, -0.2) is 0 Å². The SMILES string of the molecule is COc1ccc2c(c1)C=C(C(=O)NC1CCNCC1C)CO2. The van der Waals surface area contributed by atoms with Crippen molar-refractivity contribution in [2.24, 2.45) is 5.92 Å². The van der Waals surface area contributed by atoms with Crippen LogP contribution in [0.3, 0.4) is 0 Å². The molecule has 22 heavy (non-hydrogen) atoms. The molecule has 2 aliphatic heterocycles. The molecule has 0 aromatic heterocycles. The first-order chi connectivity index (χ1) is 10.7. The summed E-state index contributed by atoms with van der Waals surface area (Å²) in [6.45, 7) is 4.36. The summed E-state index contributed by atoms with van der Waals surface area (Å²) < 4.78 is 10.9. The molecular weight excluding hydrogens is 280 g/mol. The van der Waals surface area contributed by atoms with E-state index < -0.39 is 0 Å². The van der Waals surface area contributed by atoms with E-state index in [0.29, 0.717) is 18.1 Å². The van der Waals surface area contributed by atoms with Crippen LogP contribution in [0.25, 0.3) is 6.08 Å². The van der Waals surface area contributed by atoms with Gasteiger partial charge in [-0.3, -0.25) is 4.79 Å². The molecule has 0 spiro atoms. The average Bonchev–Trinajstić information content (AvgIpc) is 2.55. The van der Waals surface area contributed by atoms with Gasteiger partial charge in [-0.05, 0) is 49.7 Å². The first-order valence-corrected chi connectivity index (χ1v) is 7.70. The fourth-order valence-electron chi connectivity index (χ4n) is 2.90. The Morgan fingerprint density at radius 2 is 2.32 bits per heavy atom. The van der Waals surface area contributed by atoms with Crippen LogP contribution in [-0.4, -0.2) is 38.8 Å². The second-order valence-corrected chi connectivity index (χ2v) is 5.91. The maximum absolute atomic E-state index is 12.5. The van der Waals surface area contributed by atoms with Crippen LogP contribution in [-0.2, 0) is 4.79 Å². The van der Waals surface area contributed by atoms with E-state index in [0.717, 1.165) is 36.6 Å². The number of rotatable bonds is 3. The number of hydrogen-bond donors (Lipinski definition) is 2. The number of carbonyl (C=O) groups is 1. The van der Waals surface area contributed by atoms with Crippen LogP contribution in [0.2, 0.25) is 0 Å².